The minimum absolute atomic E-state index is 0.0769. The van der Waals surface area contributed by atoms with Crippen molar-refractivity contribution in [3.8, 4) is 0 Å². The van der Waals surface area contributed by atoms with Crippen molar-refractivity contribution in [2.24, 2.45) is 11.8 Å². The fourth-order valence-electron chi connectivity index (χ4n) is 2.89. The van der Waals surface area contributed by atoms with Crippen molar-refractivity contribution in [2.75, 3.05) is 18.8 Å². The van der Waals surface area contributed by atoms with Crippen LogP contribution >= 0.6 is 0 Å². The van der Waals surface area contributed by atoms with Crippen molar-refractivity contribution < 1.29 is 9.18 Å². The predicted molar refractivity (Wildman–Crippen MR) is 78.9 cm³/mol. The summed E-state index contributed by atoms with van der Waals surface area (Å²) >= 11 is 0. The fourth-order valence-corrected chi connectivity index (χ4v) is 2.89. The van der Waals surface area contributed by atoms with E-state index < -0.39 is 5.82 Å². The van der Waals surface area contributed by atoms with E-state index in [1.165, 1.54) is 24.6 Å². The molecule has 2 N–H and O–H groups in total. The van der Waals surface area contributed by atoms with Gasteiger partial charge in [-0.25, -0.2) is 4.39 Å². The van der Waals surface area contributed by atoms with Gasteiger partial charge in [0.1, 0.15) is 5.82 Å². The normalized spacial score (nSPS) is 20.0. The standard InChI is InChI=1S/C16H23FN2O/c1-11(2)12-4-3-8-19(9-7-12)16(20)14-6-5-13(17)10-15(14)18/h5-6,10-12H,3-4,7-9,18H2,1-2H3. The number of carbonyl (C=O) groups is 1. The molecule has 1 saturated heterocycles. The molecule has 1 atom stereocenters. The lowest BCUT2D eigenvalue weighted by Gasteiger charge is -2.22. The summed E-state index contributed by atoms with van der Waals surface area (Å²) < 4.78 is 13.1. The zero-order valence-electron chi connectivity index (χ0n) is 12.2. The number of rotatable bonds is 2. The van der Waals surface area contributed by atoms with Crippen LogP contribution in [0.15, 0.2) is 18.2 Å². The SMILES string of the molecule is CC(C)C1CCCN(C(=O)c2ccc(F)cc2N)CC1. The minimum atomic E-state index is -0.408. The molecular formula is C16H23FN2O. The first kappa shape index (κ1) is 14.8. The number of nitrogens with two attached hydrogens (primary N) is 1. The second kappa shape index (κ2) is 6.25. The van der Waals surface area contributed by atoms with E-state index in [2.05, 4.69) is 13.8 Å². The maximum Gasteiger partial charge on any atom is 0.255 e. The zero-order chi connectivity index (χ0) is 14.7. The molecule has 1 unspecified atom stereocenters. The second-order valence-electron chi connectivity index (χ2n) is 5.96. The summed E-state index contributed by atoms with van der Waals surface area (Å²) in [6, 6.07) is 3.98. The van der Waals surface area contributed by atoms with Crippen LogP contribution in [0, 0.1) is 17.7 Å². The van der Waals surface area contributed by atoms with E-state index in [9.17, 15) is 9.18 Å². The number of benzene rings is 1. The number of likely N-dealkylation sites (tertiary alicyclic amines) is 1. The van der Waals surface area contributed by atoms with E-state index in [1.54, 1.807) is 0 Å². The van der Waals surface area contributed by atoms with Crippen molar-refractivity contribution in [1.82, 2.24) is 4.90 Å². The van der Waals surface area contributed by atoms with Crippen molar-refractivity contribution in [2.45, 2.75) is 33.1 Å². The van der Waals surface area contributed by atoms with E-state index in [0.717, 1.165) is 25.9 Å². The Labute approximate surface area is 120 Å². The van der Waals surface area contributed by atoms with Gasteiger partial charge in [0.15, 0.2) is 0 Å². The van der Waals surface area contributed by atoms with E-state index in [-0.39, 0.29) is 11.6 Å². The highest BCUT2D eigenvalue weighted by atomic mass is 19.1. The molecular weight excluding hydrogens is 255 g/mol. The van der Waals surface area contributed by atoms with Gasteiger partial charge in [-0.1, -0.05) is 13.8 Å². The highest BCUT2D eigenvalue weighted by Gasteiger charge is 2.24. The van der Waals surface area contributed by atoms with Crippen molar-refractivity contribution >= 4 is 11.6 Å². The van der Waals surface area contributed by atoms with Crippen LogP contribution in [-0.4, -0.2) is 23.9 Å². The van der Waals surface area contributed by atoms with Gasteiger partial charge in [-0.3, -0.25) is 4.79 Å². The molecule has 1 aromatic rings. The number of amides is 1. The van der Waals surface area contributed by atoms with Gasteiger partial charge >= 0.3 is 0 Å². The second-order valence-corrected chi connectivity index (χ2v) is 5.96. The van der Waals surface area contributed by atoms with Gasteiger partial charge in [0, 0.05) is 18.8 Å². The largest absolute Gasteiger partial charge is 0.398 e. The first-order valence-corrected chi connectivity index (χ1v) is 7.33. The van der Waals surface area contributed by atoms with Crippen LogP contribution in [0.5, 0.6) is 0 Å². The van der Waals surface area contributed by atoms with E-state index in [0.29, 0.717) is 17.4 Å². The highest BCUT2D eigenvalue weighted by molar-refractivity contribution is 5.99. The van der Waals surface area contributed by atoms with Crippen LogP contribution in [0.3, 0.4) is 0 Å². The van der Waals surface area contributed by atoms with Crippen LogP contribution in [0.2, 0.25) is 0 Å². The summed E-state index contributed by atoms with van der Waals surface area (Å²) in [5, 5.41) is 0. The van der Waals surface area contributed by atoms with Crippen molar-refractivity contribution in [3.63, 3.8) is 0 Å². The minimum Gasteiger partial charge on any atom is -0.398 e. The summed E-state index contributed by atoms with van der Waals surface area (Å²) in [5.74, 6) is 0.848. The Morgan fingerprint density at radius 3 is 2.75 bits per heavy atom. The molecule has 0 aromatic heterocycles. The third-order valence-corrected chi connectivity index (χ3v) is 4.25. The van der Waals surface area contributed by atoms with Gasteiger partial charge in [0.2, 0.25) is 0 Å². The van der Waals surface area contributed by atoms with Crippen LogP contribution in [0.1, 0.15) is 43.5 Å². The number of hydrogen-bond donors (Lipinski definition) is 1. The smallest absolute Gasteiger partial charge is 0.255 e. The Kier molecular flexibility index (Phi) is 4.63. The molecule has 1 fully saturated rings. The van der Waals surface area contributed by atoms with E-state index in [1.807, 2.05) is 4.90 Å². The number of halogens is 1. The average molecular weight is 278 g/mol. The number of anilines is 1. The Bertz CT molecular complexity index is 487. The molecule has 1 aliphatic rings. The lowest BCUT2D eigenvalue weighted by molar-refractivity contribution is 0.0760. The molecule has 0 spiro atoms. The number of nitrogen functional groups attached to an aromatic ring is 1. The molecule has 3 nitrogen and oxygen atoms in total. The highest BCUT2D eigenvalue weighted by Crippen LogP contribution is 2.26. The molecule has 2 rings (SSSR count). The molecule has 0 aliphatic carbocycles. The van der Waals surface area contributed by atoms with E-state index >= 15 is 0 Å². The summed E-state index contributed by atoms with van der Waals surface area (Å²) in [4.78, 5) is 14.3. The first-order valence-electron chi connectivity index (χ1n) is 7.33. The molecule has 1 aromatic carbocycles. The maximum absolute atomic E-state index is 13.1. The van der Waals surface area contributed by atoms with Gasteiger partial charge in [0.25, 0.3) is 5.91 Å². The van der Waals surface area contributed by atoms with Crippen molar-refractivity contribution in [1.29, 1.82) is 0 Å². The van der Waals surface area contributed by atoms with Crippen LogP contribution < -0.4 is 5.73 Å². The van der Waals surface area contributed by atoms with Crippen LogP contribution in [0.25, 0.3) is 0 Å². The predicted octanol–water partition coefficient (Wildman–Crippen LogP) is 3.31. The molecule has 0 radical (unpaired) electrons. The summed E-state index contributed by atoms with van der Waals surface area (Å²) in [6.45, 7) is 6.00. The lowest BCUT2D eigenvalue weighted by atomic mass is 9.89. The first-order chi connectivity index (χ1) is 9.49. The van der Waals surface area contributed by atoms with Gasteiger partial charge in [-0.2, -0.15) is 0 Å². The fraction of sp³-hybridized carbons (Fsp3) is 0.562. The Morgan fingerprint density at radius 2 is 2.10 bits per heavy atom. The quantitative estimate of drug-likeness (QED) is 0.844. The Morgan fingerprint density at radius 1 is 1.35 bits per heavy atom. The Hall–Kier alpha value is -1.58. The van der Waals surface area contributed by atoms with Gasteiger partial charge < -0.3 is 10.6 Å². The molecule has 0 bridgehead atoms. The molecule has 110 valence electrons. The summed E-state index contributed by atoms with van der Waals surface area (Å²) in [6.07, 6.45) is 3.22. The monoisotopic (exact) mass is 278 g/mol. The number of carbonyl (C=O) groups excluding carboxylic acids is 1. The molecule has 0 saturated carbocycles. The zero-order valence-corrected chi connectivity index (χ0v) is 12.2. The molecule has 4 heteroatoms. The number of nitrogens with zero attached hydrogens (tertiary/aromatic N) is 1. The molecule has 1 aliphatic heterocycles. The van der Waals surface area contributed by atoms with Gasteiger partial charge in [-0.05, 0) is 49.3 Å². The van der Waals surface area contributed by atoms with E-state index in [4.69, 9.17) is 5.73 Å². The summed E-state index contributed by atoms with van der Waals surface area (Å²) in [7, 11) is 0. The third kappa shape index (κ3) is 3.30. The Balaban J connectivity index is 2.09. The molecule has 1 heterocycles. The molecule has 1 amide bonds. The van der Waals surface area contributed by atoms with Crippen LogP contribution in [0.4, 0.5) is 10.1 Å². The maximum atomic E-state index is 13.1. The van der Waals surface area contributed by atoms with Gasteiger partial charge in [0.05, 0.1) is 5.56 Å². The average Bonchev–Trinajstić information content (AvgIpc) is 2.63. The van der Waals surface area contributed by atoms with Crippen molar-refractivity contribution in [3.05, 3.63) is 29.6 Å². The third-order valence-electron chi connectivity index (χ3n) is 4.25. The molecule has 20 heavy (non-hydrogen) atoms. The van der Waals surface area contributed by atoms with Crippen LogP contribution in [-0.2, 0) is 0 Å². The lowest BCUT2D eigenvalue weighted by Crippen LogP contribution is -2.32. The summed E-state index contributed by atoms with van der Waals surface area (Å²) in [5.41, 5.74) is 6.39. The number of hydrogen-bond acceptors (Lipinski definition) is 2. The topological polar surface area (TPSA) is 46.3 Å². The van der Waals surface area contributed by atoms with Gasteiger partial charge in [-0.15, -0.1) is 0 Å².